The minimum Gasteiger partial charge on any atom is -0.392 e. The van der Waals surface area contributed by atoms with Crippen LogP contribution in [0.15, 0.2) is 12.1 Å². The molecule has 0 aliphatic rings. The second kappa shape index (κ2) is 3.90. The van der Waals surface area contributed by atoms with E-state index in [2.05, 4.69) is 0 Å². The molecule has 0 unspecified atom stereocenters. The molecule has 0 spiro atoms. The first-order valence-electron chi connectivity index (χ1n) is 3.23. The summed E-state index contributed by atoms with van der Waals surface area (Å²) in [4.78, 5) is 10.4. The van der Waals surface area contributed by atoms with Gasteiger partial charge in [-0.15, -0.1) is 0 Å². The van der Waals surface area contributed by atoms with Crippen LogP contribution in [0.3, 0.4) is 0 Å². The molecule has 0 saturated heterocycles. The Morgan fingerprint density at radius 3 is 2.50 bits per heavy atom. The molecule has 2 nitrogen and oxygen atoms in total. The summed E-state index contributed by atoms with van der Waals surface area (Å²) in [6, 6.07) is 3.09. The molecule has 0 radical (unpaired) electrons. The lowest BCUT2D eigenvalue weighted by atomic mass is 10.1. The number of aliphatic hydroxyl groups is 1. The van der Waals surface area contributed by atoms with Gasteiger partial charge in [-0.3, -0.25) is 4.79 Å². The van der Waals surface area contributed by atoms with Crippen molar-refractivity contribution in [1.82, 2.24) is 0 Å². The van der Waals surface area contributed by atoms with E-state index >= 15 is 0 Å². The summed E-state index contributed by atoms with van der Waals surface area (Å²) >= 11 is 11.4. The number of aliphatic hydroxyl groups excluding tert-OH is 1. The number of carbonyl (C=O) groups excluding carboxylic acids is 1. The van der Waals surface area contributed by atoms with Gasteiger partial charge < -0.3 is 5.11 Å². The third-order valence-corrected chi connectivity index (χ3v) is 2.43. The van der Waals surface area contributed by atoms with Crippen molar-refractivity contribution in [3.63, 3.8) is 0 Å². The lowest BCUT2D eigenvalue weighted by Gasteiger charge is -2.03. The highest BCUT2D eigenvalue weighted by Gasteiger charge is 2.07. The fourth-order valence-corrected chi connectivity index (χ4v) is 1.28. The molecule has 12 heavy (non-hydrogen) atoms. The van der Waals surface area contributed by atoms with Gasteiger partial charge in [-0.05, 0) is 11.6 Å². The molecule has 0 atom stereocenters. The fraction of sp³-hybridized carbons (Fsp3) is 0.125. The highest BCUT2D eigenvalue weighted by molar-refractivity contribution is 6.43. The van der Waals surface area contributed by atoms with Crippen molar-refractivity contribution in [3.8, 4) is 0 Å². The van der Waals surface area contributed by atoms with Gasteiger partial charge >= 0.3 is 0 Å². The molecule has 0 bridgehead atoms. The zero-order valence-electron chi connectivity index (χ0n) is 6.05. The number of aldehydes is 1. The number of hydrogen-bond acceptors (Lipinski definition) is 2. The Bertz CT molecular complexity index is 310. The van der Waals surface area contributed by atoms with Gasteiger partial charge in [-0.2, -0.15) is 0 Å². The second-order valence-electron chi connectivity index (χ2n) is 2.22. The van der Waals surface area contributed by atoms with Crippen LogP contribution in [0.25, 0.3) is 0 Å². The van der Waals surface area contributed by atoms with Gasteiger partial charge in [0.2, 0.25) is 0 Å². The summed E-state index contributed by atoms with van der Waals surface area (Å²) in [6.45, 7) is -0.183. The Hall–Kier alpha value is -0.570. The summed E-state index contributed by atoms with van der Waals surface area (Å²) in [7, 11) is 0. The van der Waals surface area contributed by atoms with Gasteiger partial charge in [0.1, 0.15) is 0 Å². The Labute approximate surface area is 79.7 Å². The van der Waals surface area contributed by atoms with Gasteiger partial charge in [0.05, 0.1) is 16.7 Å². The minimum atomic E-state index is -0.183. The first-order valence-corrected chi connectivity index (χ1v) is 3.99. The van der Waals surface area contributed by atoms with E-state index in [0.717, 1.165) is 0 Å². The summed E-state index contributed by atoms with van der Waals surface area (Å²) in [5.41, 5.74) is 0.853. The van der Waals surface area contributed by atoms with E-state index < -0.39 is 0 Å². The molecule has 1 N–H and O–H groups in total. The number of hydrogen-bond donors (Lipinski definition) is 1. The molecule has 0 heterocycles. The predicted molar refractivity (Wildman–Crippen MR) is 47.8 cm³/mol. The molecule has 0 aromatic heterocycles. The maximum atomic E-state index is 10.4. The molecule has 0 fully saturated rings. The predicted octanol–water partition coefficient (Wildman–Crippen LogP) is 2.30. The Morgan fingerprint density at radius 2 is 2.00 bits per heavy atom. The fourth-order valence-electron chi connectivity index (χ4n) is 0.818. The minimum absolute atomic E-state index is 0.183. The van der Waals surface area contributed by atoms with Crippen LogP contribution in [-0.2, 0) is 6.61 Å². The maximum Gasteiger partial charge on any atom is 0.151 e. The van der Waals surface area contributed by atoms with Crippen molar-refractivity contribution < 1.29 is 9.90 Å². The largest absolute Gasteiger partial charge is 0.392 e. The van der Waals surface area contributed by atoms with Gasteiger partial charge in [0.15, 0.2) is 6.29 Å². The molecular formula is C8H6Cl2O2. The summed E-state index contributed by atoms with van der Waals surface area (Å²) in [6.07, 6.45) is 0.620. The van der Waals surface area contributed by atoms with E-state index in [1.165, 1.54) is 6.07 Å². The van der Waals surface area contributed by atoms with Crippen molar-refractivity contribution in [1.29, 1.82) is 0 Å². The first-order chi connectivity index (χ1) is 5.70. The highest BCUT2D eigenvalue weighted by Crippen LogP contribution is 2.28. The molecule has 0 saturated carbocycles. The average molecular weight is 205 g/mol. The van der Waals surface area contributed by atoms with Gasteiger partial charge in [-0.25, -0.2) is 0 Å². The Morgan fingerprint density at radius 1 is 1.33 bits per heavy atom. The monoisotopic (exact) mass is 204 g/mol. The van der Waals surface area contributed by atoms with Crippen LogP contribution < -0.4 is 0 Å². The number of rotatable bonds is 2. The summed E-state index contributed by atoms with van der Waals surface area (Å²) in [5.74, 6) is 0. The van der Waals surface area contributed by atoms with Crippen LogP contribution in [0.4, 0.5) is 0 Å². The molecule has 1 aromatic carbocycles. The quantitative estimate of drug-likeness (QED) is 0.752. The second-order valence-corrected chi connectivity index (χ2v) is 2.97. The lowest BCUT2D eigenvalue weighted by molar-refractivity contribution is 0.112. The molecule has 1 rings (SSSR count). The standard InChI is InChI=1S/C8H6Cl2O2/c9-7-5(3-11)1-2-6(4-12)8(7)10/h1-3,12H,4H2. The van der Waals surface area contributed by atoms with Crippen LogP contribution >= 0.6 is 23.2 Å². The SMILES string of the molecule is O=Cc1ccc(CO)c(Cl)c1Cl. The molecular weight excluding hydrogens is 199 g/mol. The number of halogens is 2. The normalized spacial score (nSPS) is 9.92. The third-order valence-electron chi connectivity index (χ3n) is 1.49. The van der Waals surface area contributed by atoms with E-state index in [-0.39, 0.29) is 16.7 Å². The van der Waals surface area contributed by atoms with Crippen molar-refractivity contribution in [2.75, 3.05) is 0 Å². The number of benzene rings is 1. The van der Waals surface area contributed by atoms with E-state index in [9.17, 15) is 4.79 Å². The zero-order chi connectivity index (χ0) is 9.14. The Kier molecular flexibility index (Phi) is 3.09. The van der Waals surface area contributed by atoms with Gasteiger partial charge in [0, 0.05) is 5.56 Å². The Balaban J connectivity index is 3.29. The van der Waals surface area contributed by atoms with Gasteiger partial charge in [-0.1, -0.05) is 29.3 Å². The molecule has 64 valence electrons. The topological polar surface area (TPSA) is 37.3 Å². The average Bonchev–Trinajstić information content (AvgIpc) is 2.10. The molecule has 0 aliphatic carbocycles. The maximum absolute atomic E-state index is 10.4. The molecule has 1 aromatic rings. The molecule has 4 heteroatoms. The van der Waals surface area contributed by atoms with Crippen molar-refractivity contribution in [2.24, 2.45) is 0 Å². The van der Waals surface area contributed by atoms with Crippen molar-refractivity contribution in [2.45, 2.75) is 6.61 Å². The number of carbonyl (C=O) groups is 1. The third kappa shape index (κ3) is 1.61. The first kappa shape index (κ1) is 9.52. The van der Waals surface area contributed by atoms with Gasteiger partial charge in [0.25, 0.3) is 0 Å². The highest BCUT2D eigenvalue weighted by atomic mass is 35.5. The van der Waals surface area contributed by atoms with Crippen molar-refractivity contribution >= 4 is 29.5 Å². The zero-order valence-corrected chi connectivity index (χ0v) is 7.56. The molecule has 0 amide bonds. The smallest absolute Gasteiger partial charge is 0.151 e. The van der Waals surface area contributed by atoms with Crippen LogP contribution in [-0.4, -0.2) is 11.4 Å². The van der Waals surface area contributed by atoms with Crippen LogP contribution in [0.5, 0.6) is 0 Å². The summed E-state index contributed by atoms with van der Waals surface area (Å²) < 4.78 is 0. The summed E-state index contributed by atoms with van der Waals surface area (Å²) in [5, 5.41) is 9.21. The van der Waals surface area contributed by atoms with E-state index in [1.54, 1.807) is 6.07 Å². The van der Waals surface area contributed by atoms with Crippen molar-refractivity contribution in [3.05, 3.63) is 33.3 Å². The van der Waals surface area contributed by atoms with Crippen LogP contribution in [0.1, 0.15) is 15.9 Å². The van der Waals surface area contributed by atoms with E-state index in [4.69, 9.17) is 28.3 Å². The van der Waals surface area contributed by atoms with E-state index in [1.807, 2.05) is 0 Å². The van der Waals surface area contributed by atoms with Crippen LogP contribution in [0.2, 0.25) is 10.0 Å². The van der Waals surface area contributed by atoms with Crippen LogP contribution in [0, 0.1) is 0 Å². The molecule has 0 aliphatic heterocycles. The lowest BCUT2D eigenvalue weighted by Crippen LogP contribution is -1.89. The van der Waals surface area contributed by atoms with E-state index in [0.29, 0.717) is 17.4 Å².